The average Bonchev–Trinajstić information content (AvgIpc) is 3.17. The molecule has 3 amide bonds. The highest BCUT2D eigenvalue weighted by Crippen LogP contribution is 2.59. The highest BCUT2D eigenvalue weighted by Gasteiger charge is 2.62. The maximum Gasteiger partial charge on any atom is 0.277 e. The molecular formula is C30H28BrClFN3O6S. The molecule has 0 aromatic heterocycles. The monoisotopic (exact) mass is 691 g/mol. The minimum absolute atomic E-state index is 0.154. The summed E-state index contributed by atoms with van der Waals surface area (Å²) in [4.78, 5) is 40.7. The topological polar surface area (TPSA) is 131 Å². The van der Waals surface area contributed by atoms with E-state index in [1.807, 2.05) is 4.72 Å². The van der Waals surface area contributed by atoms with E-state index in [1.165, 1.54) is 26.0 Å². The van der Waals surface area contributed by atoms with Crippen molar-refractivity contribution in [2.45, 2.75) is 50.2 Å². The van der Waals surface area contributed by atoms with Crippen LogP contribution in [0.2, 0.25) is 5.02 Å². The van der Waals surface area contributed by atoms with Crippen molar-refractivity contribution in [1.82, 2.24) is 10.0 Å². The van der Waals surface area contributed by atoms with Crippen LogP contribution in [-0.2, 0) is 29.8 Å². The van der Waals surface area contributed by atoms with E-state index in [4.69, 9.17) is 16.3 Å². The second kappa shape index (κ2) is 10.9. The van der Waals surface area contributed by atoms with Crippen LogP contribution in [0, 0.1) is 12.7 Å². The normalized spacial score (nSPS) is 21.7. The number of piperidine rings is 1. The molecule has 3 atom stereocenters. The Morgan fingerprint density at radius 2 is 1.84 bits per heavy atom. The van der Waals surface area contributed by atoms with Gasteiger partial charge in [-0.3, -0.25) is 14.4 Å². The van der Waals surface area contributed by atoms with E-state index in [0.717, 1.165) is 6.26 Å². The summed E-state index contributed by atoms with van der Waals surface area (Å²) in [6.45, 7) is 4.58. The molecule has 1 saturated heterocycles. The lowest BCUT2D eigenvalue weighted by atomic mass is 9.59. The standard InChI is InChI=1S/C30H28BrClFN3O6S/c1-15-5-8-18(33)13-19(15)26-30(21-9-7-17(32)12-23(21)34-28(30)39)22(14-25(37)35-26)20-11-16(31)6-10-24(20)42-29(2,3)27(38)36-43(4,40)41/h5-13,22,26H,14H2,1-4H3,(H,34,39)(H,35,37)(H,36,38)/t22-,26+,30-/m1/s1. The summed E-state index contributed by atoms with van der Waals surface area (Å²) in [6.07, 6.45) is 0.691. The van der Waals surface area contributed by atoms with Crippen molar-refractivity contribution in [1.29, 1.82) is 0 Å². The van der Waals surface area contributed by atoms with Crippen LogP contribution in [0.15, 0.2) is 59.1 Å². The molecule has 3 aromatic rings. The lowest BCUT2D eigenvalue weighted by Crippen LogP contribution is -2.57. The van der Waals surface area contributed by atoms with Crippen molar-refractivity contribution in [3.63, 3.8) is 0 Å². The number of sulfonamides is 1. The Balaban J connectivity index is 1.76. The fourth-order valence-corrected chi connectivity index (χ4v) is 7.07. The van der Waals surface area contributed by atoms with Gasteiger partial charge in [0.1, 0.15) is 17.0 Å². The molecule has 9 nitrogen and oxygen atoms in total. The van der Waals surface area contributed by atoms with Crippen molar-refractivity contribution >= 4 is 61.0 Å². The number of halogens is 3. The summed E-state index contributed by atoms with van der Waals surface area (Å²) in [5.74, 6) is -3.01. The van der Waals surface area contributed by atoms with Crippen LogP contribution in [-0.4, -0.2) is 38.0 Å². The number of fused-ring (bicyclic) bond motifs is 2. The first kappa shape index (κ1) is 31.0. The maximum atomic E-state index is 14.7. The van der Waals surface area contributed by atoms with Gasteiger partial charge in [0.05, 0.1) is 12.3 Å². The molecule has 0 aliphatic carbocycles. The Labute approximate surface area is 261 Å². The summed E-state index contributed by atoms with van der Waals surface area (Å²) in [7, 11) is -3.89. The van der Waals surface area contributed by atoms with E-state index in [0.29, 0.717) is 37.4 Å². The predicted octanol–water partition coefficient (Wildman–Crippen LogP) is 5.02. The molecule has 13 heteroatoms. The van der Waals surface area contributed by atoms with Gasteiger partial charge in [0, 0.05) is 33.1 Å². The van der Waals surface area contributed by atoms with E-state index in [9.17, 15) is 27.2 Å². The second-order valence-electron chi connectivity index (χ2n) is 11.3. The average molecular weight is 693 g/mol. The summed E-state index contributed by atoms with van der Waals surface area (Å²) < 4.78 is 47.0. The molecule has 0 unspecified atom stereocenters. The Kier molecular flexibility index (Phi) is 7.85. The summed E-state index contributed by atoms with van der Waals surface area (Å²) in [5, 5.41) is 6.27. The van der Waals surface area contributed by atoms with Gasteiger partial charge in [0.15, 0.2) is 5.60 Å². The van der Waals surface area contributed by atoms with Gasteiger partial charge < -0.3 is 15.4 Å². The molecule has 5 rings (SSSR count). The number of ether oxygens (including phenoxy) is 1. The van der Waals surface area contributed by atoms with Crippen molar-refractivity contribution in [3.05, 3.63) is 92.2 Å². The molecule has 2 heterocycles. The van der Waals surface area contributed by atoms with Gasteiger partial charge in [-0.05, 0) is 79.9 Å². The molecule has 226 valence electrons. The van der Waals surface area contributed by atoms with Crippen molar-refractivity contribution in [2.75, 3.05) is 11.6 Å². The molecule has 2 aliphatic heterocycles. The third-order valence-electron chi connectivity index (χ3n) is 7.84. The molecule has 1 spiro atoms. The van der Waals surface area contributed by atoms with Gasteiger partial charge in [-0.25, -0.2) is 17.5 Å². The van der Waals surface area contributed by atoms with Crippen LogP contribution in [0.1, 0.15) is 54.5 Å². The highest BCUT2D eigenvalue weighted by atomic mass is 79.9. The van der Waals surface area contributed by atoms with Crippen molar-refractivity contribution in [2.24, 2.45) is 0 Å². The number of anilines is 1. The highest BCUT2D eigenvalue weighted by molar-refractivity contribution is 9.10. The fourth-order valence-electron chi connectivity index (χ4n) is 5.94. The molecule has 0 saturated carbocycles. The van der Waals surface area contributed by atoms with Gasteiger partial charge in [0.2, 0.25) is 21.8 Å². The van der Waals surface area contributed by atoms with E-state index in [2.05, 4.69) is 26.6 Å². The van der Waals surface area contributed by atoms with Crippen LogP contribution in [0.25, 0.3) is 0 Å². The lowest BCUT2D eigenvalue weighted by molar-refractivity contribution is -0.133. The zero-order valence-electron chi connectivity index (χ0n) is 23.5. The minimum atomic E-state index is -3.89. The molecular weight excluding hydrogens is 665 g/mol. The second-order valence-corrected chi connectivity index (χ2v) is 14.4. The molecule has 3 N–H and O–H groups in total. The Hall–Kier alpha value is -3.48. The Morgan fingerprint density at radius 3 is 2.53 bits per heavy atom. The largest absolute Gasteiger partial charge is 0.478 e. The van der Waals surface area contributed by atoms with Gasteiger partial charge in [0.25, 0.3) is 5.91 Å². The van der Waals surface area contributed by atoms with Crippen LogP contribution >= 0.6 is 27.5 Å². The van der Waals surface area contributed by atoms with Crippen LogP contribution in [0.3, 0.4) is 0 Å². The van der Waals surface area contributed by atoms with Crippen molar-refractivity contribution in [3.8, 4) is 5.75 Å². The van der Waals surface area contributed by atoms with Gasteiger partial charge >= 0.3 is 0 Å². The van der Waals surface area contributed by atoms with E-state index < -0.39 is 50.6 Å². The van der Waals surface area contributed by atoms with E-state index in [-0.39, 0.29) is 18.1 Å². The number of amides is 3. The predicted molar refractivity (Wildman–Crippen MR) is 163 cm³/mol. The number of carbonyl (C=O) groups excluding carboxylic acids is 3. The summed E-state index contributed by atoms with van der Waals surface area (Å²) >= 11 is 9.77. The van der Waals surface area contributed by atoms with Crippen LogP contribution < -0.4 is 20.1 Å². The summed E-state index contributed by atoms with van der Waals surface area (Å²) in [5.41, 5.74) is -0.722. The van der Waals surface area contributed by atoms with Crippen LogP contribution in [0.5, 0.6) is 5.75 Å². The first-order valence-corrected chi connectivity index (χ1v) is 16.3. The quantitative estimate of drug-likeness (QED) is 0.333. The van der Waals surface area contributed by atoms with Gasteiger partial charge in [-0.2, -0.15) is 0 Å². The molecule has 43 heavy (non-hydrogen) atoms. The SMILES string of the molecule is Cc1ccc(F)cc1[C@@H]1NC(=O)C[C@H](c2cc(Br)ccc2OC(C)(C)C(=O)NS(C)(=O)=O)[C@@]12C(=O)Nc1cc(Cl)ccc12. The fraction of sp³-hybridized carbons (Fsp3) is 0.300. The molecule has 3 aromatic carbocycles. The number of hydrogen-bond acceptors (Lipinski definition) is 6. The Morgan fingerprint density at radius 1 is 1.12 bits per heavy atom. The third-order valence-corrected chi connectivity index (χ3v) is 9.13. The lowest BCUT2D eigenvalue weighted by Gasteiger charge is -2.47. The zero-order valence-corrected chi connectivity index (χ0v) is 26.7. The maximum absolute atomic E-state index is 14.7. The number of nitrogens with one attached hydrogen (secondary N) is 3. The molecule has 1 fully saturated rings. The minimum Gasteiger partial charge on any atom is -0.478 e. The van der Waals surface area contributed by atoms with Gasteiger partial charge in [-0.15, -0.1) is 0 Å². The van der Waals surface area contributed by atoms with Crippen LogP contribution in [0.4, 0.5) is 10.1 Å². The number of hydrogen-bond donors (Lipinski definition) is 3. The third kappa shape index (κ3) is 5.63. The first-order valence-electron chi connectivity index (χ1n) is 13.2. The zero-order chi connectivity index (χ0) is 31.5. The van der Waals surface area contributed by atoms with E-state index in [1.54, 1.807) is 49.4 Å². The number of aryl methyl sites for hydroxylation is 1. The first-order chi connectivity index (χ1) is 20.0. The Bertz CT molecular complexity index is 1800. The number of carbonyl (C=O) groups is 3. The molecule has 0 radical (unpaired) electrons. The molecule has 0 bridgehead atoms. The van der Waals surface area contributed by atoms with E-state index >= 15 is 0 Å². The number of benzene rings is 3. The smallest absolute Gasteiger partial charge is 0.277 e. The molecule has 2 aliphatic rings. The number of rotatable bonds is 6. The van der Waals surface area contributed by atoms with Crippen molar-refractivity contribution < 1.29 is 31.9 Å². The van der Waals surface area contributed by atoms with Gasteiger partial charge in [-0.1, -0.05) is 39.7 Å². The summed E-state index contributed by atoms with van der Waals surface area (Å²) in [6, 6.07) is 13.1.